The van der Waals surface area contributed by atoms with Gasteiger partial charge in [-0.2, -0.15) is 42.1 Å². The van der Waals surface area contributed by atoms with Gasteiger partial charge in [-0.05, 0) is 107 Å². The average Bonchev–Trinajstić information content (AvgIpc) is 3.82. The molecule has 2 heterocycles. The number of alkyl halides is 6. The highest BCUT2D eigenvalue weighted by Gasteiger charge is 2.37. The van der Waals surface area contributed by atoms with Gasteiger partial charge in [0.1, 0.15) is 6.07 Å². The molecule has 0 aliphatic carbocycles. The lowest BCUT2D eigenvalue weighted by Gasteiger charge is -2.20. The summed E-state index contributed by atoms with van der Waals surface area (Å²) in [6.07, 6.45) is -10.3. The first-order chi connectivity index (χ1) is 30.9. The lowest BCUT2D eigenvalue weighted by atomic mass is 9.95. The third-order valence-corrected chi connectivity index (χ3v) is 11.7. The van der Waals surface area contributed by atoms with E-state index in [9.17, 15) is 42.1 Å². The fourth-order valence-corrected chi connectivity index (χ4v) is 8.84. The molecule has 306 valence electrons. The average molecular weight is 848 g/mol. The molecule has 0 fully saturated rings. The number of aromatic nitrogens is 2. The van der Waals surface area contributed by atoms with Crippen molar-refractivity contribution in [2.75, 3.05) is 0 Å². The Morgan fingerprint density at radius 1 is 0.344 bits per heavy atom. The van der Waals surface area contributed by atoms with Crippen molar-refractivity contribution in [3.63, 3.8) is 0 Å². The molecule has 8 aromatic carbocycles. The van der Waals surface area contributed by atoms with Crippen LogP contribution in [0, 0.1) is 34.0 Å². The van der Waals surface area contributed by atoms with Crippen molar-refractivity contribution in [1.82, 2.24) is 9.13 Å². The normalized spacial score (nSPS) is 11.9. The van der Waals surface area contributed by atoms with Crippen molar-refractivity contribution in [1.29, 1.82) is 15.8 Å². The largest absolute Gasteiger partial charge is 0.416 e. The summed E-state index contributed by atoms with van der Waals surface area (Å²) in [7, 11) is 0. The Hall–Kier alpha value is -8.59. The highest BCUT2D eigenvalue weighted by molar-refractivity contribution is 6.12. The van der Waals surface area contributed by atoms with E-state index in [0.29, 0.717) is 61.8 Å². The van der Waals surface area contributed by atoms with Gasteiger partial charge < -0.3 is 9.13 Å². The van der Waals surface area contributed by atoms with Crippen LogP contribution < -0.4 is 0 Å². The molecule has 0 saturated carbocycles. The zero-order chi connectivity index (χ0) is 44.5. The number of para-hydroxylation sites is 2. The third-order valence-electron chi connectivity index (χ3n) is 11.7. The Morgan fingerprint density at radius 3 is 1.23 bits per heavy atom. The van der Waals surface area contributed by atoms with Crippen molar-refractivity contribution in [2.45, 2.75) is 12.4 Å². The van der Waals surface area contributed by atoms with Crippen LogP contribution in [0.2, 0.25) is 0 Å². The molecule has 2 aromatic heterocycles. The summed E-state index contributed by atoms with van der Waals surface area (Å²) >= 11 is 0. The second-order valence-corrected chi connectivity index (χ2v) is 15.3. The van der Waals surface area contributed by atoms with Gasteiger partial charge >= 0.3 is 12.4 Å². The number of nitrogens with zero attached hydrogens (tertiary/aromatic N) is 5. The Labute approximate surface area is 360 Å². The fourth-order valence-electron chi connectivity index (χ4n) is 8.84. The van der Waals surface area contributed by atoms with E-state index in [0.717, 1.165) is 27.3 Å². The van der Waals surface area contributed by atoms with E-state index in [4.69, 9.17) is 0 Å². The van der Waals surface area contributed by atoms with Crippen molar-refractivity contribution in [3.05, 3.63) is 192 Å². The predicted octanol–water partition coefficient (Wildman–Crippen LogP) is 14.5. The van der Waals surface area contributed by atoms with E-state index in [1.54, 1.807) is 63.7 Å². The smallest absolute Gasteiger partial charge is 0.309 e. The molecular weight excluding hydrogens is 821 g/mol. The molecule has 11 heteroatoms. The lowest BCUT2D eigenvalue weighted by Crippen LogP contribution is -2.11. The van der Waals surface area contributed by atoms with E-state index in [-0.39, 0.29) is 34.1 Å². The van der Waals surface area contributed by atoms with Crippen molar-refractivity contribution in [3.8, 4) is 63.0 Å². The molecule has 0 radical (unpaired) electrons. The summed E-state index contributed by atoms with van der Waals surface area (Å²) in [4.78, 5) is 0. The Kier molecular flexibility index (Phi) is 9.14. The molecule has 10 rings (SSSR count). The van der Waals surface area contributed by atoms with E-state index >= 15 is 0 Å². The van der Waals surface area contributed by atoms with E-state index in [2.05, 4.69) is 18.2 Å². The summed E-state index contributed by atoms with van der Waals surface area (Å²) in [5.41, 5.74) is 3.26. The Morgan fingerprint density at radius 2 is 0.766 bits per heavy atom. The monoisotopic (exact) mass is 847 g/mol. The molecule has 0 atom stereocenters. The van der Waals surface area contributed by atoms with Gasteiger partial charge in [0.25, 0.3) is 0 Å². The lowest BCUT2D eigenvalue weighted by molar-refractivity contribution is -0.143. The number of nitriles is 3. The van der Waals surface area contributed by atoms with Crippen LogP contribution in [0.25, 0.3) is 88.4 Å². The predicted molar refractivity (Wildman–Crippen MR) is 236 cm³/mol. The molecule has 0 unspecified atom stereocenters. The van der Waals surface area contributed by atoms with Crippen LogP contribution in [0.15, 0.2) is 164 Å². The van der Waals surface area contributed by atoms with Gasteiger partial charge in [0.2, 0.25) is 0 Å². The first-order valence-corrected chi connectivity index (χ1v) is 19.8. The van der Waals surface area contributed by atoms with Crippen molar-refractivity contribution >= 4 is 43.6 Å². The second kappa shape index (κ2) is 14.8. The van der Waals surface area contributed by atoms with Gasteiger partial charge in [0.05, 0.1) is 73.4 Å². The molecule has 0 bridgehead atoms. The number of rotatable bonds is 5. The first-order valence-electron chi connectivity index (χ1n) is 19.8. The van der Waals surface area contributed by atoms with E-state index in [1.807, 2.05) is 78.9 Å². The van der Waals surface area contributed by atoms with Crippen molar-refractivity contribution < 1.29 is 26.3 Å². The molecule has 64 heavy (non-hydrogen) atoms. The van der Waals surface area contributed by atoms with Gasteiger partial charge in [-0.1, -0.05) is 84.9 Å². The maximum Gasteiger partial charge on any atom is 0.416 e. The van der Waals surface area contributed by atoms with E-state index in [1.165, 1.54) is 12.1 Å². The van der Waals surface area contributed by atoms with Gasteiger partial charge in [-0.3, -0.25) is 0 Å². The molecule has 0 amide bonds. The van der Waals surface area contributed by atoms with Crippen LogP contribution in [-0.2, 0) is 12.4 Å². The van der Waals surface area contributed by atoms with Gasteiger partial charge in [0, 0.05) is 27.1 Å². The summed E-state index contributed by atoms with van der Waals surface area (Å²) in [5.74, 6) is 0. The van der Waals surface area contributed by atoms with Crippen LogP contribution >= 0.6 is 0 Å². The number of halogens is 6. The SMILES string of the molecule is N#Cc1ccccc1-c1ccc2c(c1)c1ccccc1n2-c1cc(-c2cc(C(F)(F)F)cc(C(F)(F)F)c2)c(-n2c3ccccc3c3cc(-c4ccccc4C#N)ccc32)cc1C#N. The van der Waals surface area contributed by atoms with Crippen LogP contribution in [-0.4, -0.2) is 9.13 Å². The number of hydrogen-bond acceptors (Lipinski definition) is 3. The standard InChI is InChI=1S/C53H27F6N5/c54-52(55,56)37-21-35(22-38(26-37)53(57,58)59)43-27-50(63-46-15-7-5-13-41(46)44-23-31(17-19-48(44)63)39-11-3-1-9-33(39)28-60)36(30-62)25-51(43)64-47-16-8-6-14-42(47)45-24-32(18-20-49(45)64)40-12-4-2-10-34(40)29-61/h1-27H. The minimum Gasteiger partial charge on any atom is -0.309 e. The van der Waals surface area contributed by atoms with Crippen LogP contribution in [0.5, 0.6) is 0 Å². The summed E-state index contributed by atoms with van der Waals surface area (Å²) in [5, 5.41) is 33.7. The highest BCUT2D eigenvalue weighted by atomic mass is 19.4. The topological polar surface area (TPSA) is 81.2 Å². The zero-order valence-corrected chi connectivity index (χ0v) is 33.1. The second-order valence-electron chi connectivity index (χ2n) is 15.3. The number of benzene rings is 8. The number of hydrogen-bond donors (Lipinski definition) is 0. The van der Waals surface area contributed by atoms with Gasteiger partial charge in [-0.25, -0.2) is 0 Å². The van der Waals surface area contributed by atoms with Gasteiger partial charge in [-0.15, -0.1) is 0 Å². The Balaban J connectivity index is 1.31. The van der Waals surface area contributed by atoms with Crippen LogP contribution in [0.4, 0.5) is 26.3 Å². The molecule has 0 saturated heterocycles. The molecule has 0 N–H and O–H groups in total. The van der Waals surface area contributed by atoms with Crippen LogP contribution in [0.3, 0.4) is 0 Å². The minimum atomic E-state index is -5.14. The summed E-state index contributed by atoms with van der Waals surface area (Å²) < 4.78 is 91.1. The number of fused-ring (bicyclic) bond motifs is 6. The summed E-state index contributed by atoms with van der Waals surface area (Å²) in [6.45, 7) is 0. The Bertz CT molecular complexity index is 3670. The summed E-state index contributed by atoms with van der Waals surface area (Å²) in [6, 6.07) is 51.2. The molecule has 5 nitrogen and oxygen atoms in total. The molecule has 0 aliphatic heterocycles. The quantitative estimate of drug-likeness (QED) is 0.162. The maximum absolute atomic E-state index is 14.6. The highest BCUT2D eigenvalue weighted by Crippen LogP contribution is 2.45. The molecule has 10 aromatic rings. The third kappa shape index (κ3) is 6.40. The minimum absolute atomic E-state index is 0.00217. The van der Waals surface area contributed by atoms with E-state index < -0.39 is 23.5 Å². The molecule has 0 spiro atoms. The van der Waals surface area contributed by atoms with Gasteiger partial charge in [0.15, 0.2) is 0 Å². The van der Waals surface area contributed by atoms with Crippen LogP contribution in [0.1, 0.15) is 27.8 Å². The maximum atomic E-state index is 14.6. The zero-order valence-electron chi connectivity index (χ0n) is 33.1. The van der Waals surface area contributed by atoms with Crippen molar-refractivity contribution in [2.24, 2.45) is 0 Å². The molecule has 0 aliphatic rings. The molecular formula is C53H27F6N5. The fraction of sp³-hybridized carbons (Fsp3) is 0.0377. The first kappa shape index (κ1) is 39.5.